The van der Waals surface area contributed by atoms with Gasteiger partial charge in [-0.2, -0.15) is 0 Å². The highest BCUT2D eigenvalue weighted by Crippen LogP contribution is 2.25. The van der Waals surface area contributed by atoms with Crippen LogP contribution in [0.4, 0.5) is 0 Å². The zero-order valence-electron chi connectivity index (χ0n) is 14.5. The van der Waals surface area contributed by atoms with Gasteiger partial charge in [0.1, 0.15) is 0 Å². The van der Waals surface area contributed by atoms with Gasteiger partial charge in [0.05, 0.1) is 5.75 Å². The van der Waals surface area contributed by atoms with E-state index >= 15 is 0 Å². The predicted octanol–water partition coefficient (Wildman–Crippen LogP) is 3.25. The molecule has 2 rings (SSSR count). The first kappa shape index (κ1) is 19.8. The van der Waals surface area contributed by atoms with Crippen molar-refractivity contribution in [2.24, 2.45) is 0 Å². The summed E-state index contributed by atoms with van der Waals surface area (Å²) >= 11 is 7.36. The zero-order valence-corrected chi connectivity index (χ0v) is 16.1. The van der Waals surface area contributed by atoms with Crippen LogP contribution in [0.3, 0.4) is 0 Å². The Hall–Kier alpha value is -1.57. The standard InChI is InChI=1S/C17H23ClN4O2S/c1-3-9-19-15(23)12-25-17-21-20-16(22(17)10-4-11-24-2)13-5-7-14(18)8-6-13/h5-8H,3-4,9-12H2,1-2H3,(H,19,23). The average Bonchev–Trinajstić information content (AvgIpc) is 3.02. The van der Waals surface area contributed by atoms with Gasteiger partial charge < -0.3 is 14.6 Å². The van der Waals surface area contributed by atoms with Crippen molar-refractivity contribution >= 4 is 29.3 Å². The second-order valence-electron chi connectivity index (χ2n) is 5.45. The molecule has 1 heterocycles. The first-order chi connectivity index (χ1) is 12.2. The Labute approximate surface area is 157 Å². The number of nitrogens with zero attached hydrogens (tertiary/aromatic N) is 3. The third-order valence-electron chi connectivity index (χ3n) is 3.45. The summed E-state index contributed by atoms with van der Waals surface area (Å²) in [7, 11) is 1.68. The van der Waals surface area contributed by atoms with Crippen molar-refractivity contribution < 1.29 is 9.53 Å². The third kappa shape index (κ3) is 6.02. The van der Waals surface area contributed by atoms with Crippen LogP contribution < -0.4 is 5.32 Å². The van der Waals surface area contributed by atoms with Crippen molar-refractivity contribution in [3.8, 4) is 11.4 Å². The van der Waals surface area contributed by atoms with E-state index < -0.39 is 0 Å². The van der Waals surface area contributed by atoms with E-state index in [1.165, 1.54) is 11.8 Å². The van der Waals surface area contributed by atoms with E-state index in [-0.39, 0.29) is 5.91 Å². The predicted molar refractivity (Wildman–Crippen MR) is 101 cm³/mol. The quantitative estimate of drug-likeness (QED) is 0.504. The fraction of sp³-hybridized carbons (Fsp3) is 0.471. The number of hydrogen-bond donors (Lipinski definition) is 1. The number of halogens is 1. The maximum atomic E-state index is 11.8. The number of benzene rings is 1. The molecule has 0 saturated carbocycles. The van der Waals surface area contributed by atoms with Crippen molar-refractivity contribution in [1.29, 1.82) is 0 Å². The lowest BCUT2D eigenvalue weighted by Gasteiger charge is -2.10. The van der Waals surface area contributed by atoms with E-state index in [0.717, 1.165) is 35.9 Å². The van der Waals surface area contributed by atoms with Crippen LogP contribution in [-0.4, -0.2) is 46.7 Å². The Morgan fingerprint density at radius 3 is 2.76 bits per heavy atom. The molecule has 2 aromatic rings. The van der Waals surface area contributed by atoms with E-state index in [0.29, 0.717) is 23.9 Å². The molecule has 1 amide bonds. The summed E-state index contributed by atoms with van der Waals surface area (Å²) in [4.78, 5) is 11.8. The van der Waals surface area contributed by atoms with Crippen molar-refractivity contribution in [2.75, 3.05) is 26.0 Å². The Kier molecular flexibility index (Phi) is 8.24. The van der Waals surface area contributed by atoms with Crippen LogP contribution in [-0.2, 0) is 16.1 Å². The van der Waals surface area contributed by atoms with Gasteiger partial charge in [0.25, 0.3) is 0 Å². The molecule has 0 aliphatic heterocycles. The Bertz CT molecular complexity index is 676. The number of amides is 1. The van der Waals surface area contributed by atoms with Crippen molar-refractivity contribution in [2.45, 2.75) is 31.5 Å². The fourth-order valence-electron chi connectivity index (χ4n) is 2.22. The number of hydrogen-bond acceptors (Lipinski definition) is 5. The van der Waals surface area contributed by atoms with Gasteiger partial charge >= 0.3 is 0 Å². The molecule has 0 aliphatic rings. The SMILES string of the molecule is CCCNC(=O)CSc1nnc(-c2ccc(Cl)cc2)n1CCCOC. The van der Waals surface area contributed by atoms with Crippen LogP contribution in [0.2, 0.25) is 5.02 Å². The molecule has 25 heavy (non-hydrogen) atoms. The second-order valence-corrected chi connectivity index (χ2v) is 6.83. The number of nitrogens with one attached hydrogen (secondary N) is 1. The van der Waals surface area contributed by atoms with Crippen LogP contribution in [0.15, 0.2) is 29.4 Å². The molecule has 8 heteroatoms. The molecule has 0 radical (unpaired) electrons. The molecule has 136 valence electrons. The van der Waals surface area contributed by atoms with Gasteiger partial charge in [-0.15, -0.1) is 10.2 Å². The Balaban J connectivity index is 2.15. The molecule has 0 spiro atoms. The van der Waals surface area contributed by atoms with E-state index in [1.54, 1.807) is 7.11 Å². The number of methoxy groups -OCH3 is 1. The van der Waals surface area contributed by atoms with Gasteiger partial charge in [0.15, 0.2) is 11.0 Å². The van der Waals surface area contributed by atoms with Crippen LogP contribution in [0.1, 0.15) is 19.8 Å². The first-order valence-corrected chi connectivity index (χ1v) is 9.59. The minimum atomic E-state index is 0.00587. The van der Waals surface area contributed by atoms with E-state index in [9.17, 15) is 4.79 Å². The summed E-state index contributed by atoms with van der Waals surface area (Å²) in [5.41, 5.74) is 0.941. The zero-order chi connectivity index (χ0) is 18.1. The van der Waals surface area contributed by atoms with Crippen molar-refractivity contribution in [1.82, 2.24) is 20.1 Å². The van der Waals surface area contributed by atoms with Crippen molar-refractivity contribution in [3.63, 3.8) is 0 Å². The fourth-order valence-corrected chi connectivity index (χ4v) is 3.14. The Morgan fingerprint density at radius 1 is 1.32 bits per heavy atom. The number of carbonyl (C=O) groups is 1. The normalized spacial score (nSPS) is 10.8. The smallest absolute Gasteiger partial charge is 0.230 e. The van der Waals surface area contributed by atoms with Crippen LogP contribution >= 0.6 is 23.4 Å². The number of carbonyl (C=O) groups excluding carboxylic acids is 1. The third-order valence-corrected chi connectivity index (χ3v) is 4.67. The molecule has 1 aromatic carbocycles. The minimum absolute atomic E-state index is 0.00587. The van der Waals surface area contributed by atoms with Crippen molar-refractivity contribution in [3.05, 3.63) is 29.3 Å². The second kappa shape index (κ2) is 10.4. The number of thioether (sulfide) groups is 1. The van der Waals surface area contributed by atoms with E-state index in [4.69, 9.17) is 16.3 Å². The van der Waals surface area contributed by atoms with Gasteiger partial charge in [-0.05, 0) is 37.1 Å². The average molecular weight is 383 g/mol. The Morgan fingerprint density at radius 2 is 2.08 bits per heavy atom. The summed E-state index contributed by atoms with van der Waals surface area (Å²) in [6, 6.07) is 7.50. The molecule has 0 fully saturated rings. The molecule has 0 aliphatic carbocycles. The van der Waals surface area contributed by atoms with Gasteiger partial charge in [-0.25, -0.2) is 0 Å². The lowest BCUT2D eigenvalue weighted by molar-refractivity contribution is -0.118. The highest BCUT2D eigenvalue weighted by molar-refractivity contribution is 7.99. The highest BCUT2D eigenvalue weighted by atomic mass is 35.5. The first-order valence-electron chi connectivity index (χ1n) is 8.23. The summed E-state index contributed by atoms with van der Waals surface area (Å²) in [5, 5.41) is 12.9. The summed E-state index contributed by atoms with van der Waals surface area (Å²) < 4.78 is 7.17. The molecular formula is C17H23ClN4O2S. The monoisotopic (exact) mass is 382 g/mol. The maximum absolute atomic E-state index is 11.8. The largest absolute Gasteiger partial charge is 0.385 e. The van der Waals surface area contributed by atoms with Crippen LogP contribution in [0.25, 0.3) is 11.4 Å². The number of rotatable bonds is 10. The van der Waals surface area contributed by atoms with Gasteiger partial charge in [0, 0.05) is 37.4 Å². The lowest BCUT2D eigenvalue weighted by Crippen LogP contribution is -2.25. The highest BCUT2D eigenvalue weighted by Gasteiger charge is 2.15. The molecule has 0 unspecified atom stereocenters. The minimum Gasteiger partial charge on any atom is -0.385 e. The van der Waals surface area contributed by atoms with E-state index in [1.807, 2.05) is 35.8 Å². The molecule has 1 N–H and O–H groups in total. The summed E-state index contributed by atoms with van der Waals surface area (Å²) in [6.07, 6.45) is 1.76. The van der Waals surface area contributed by atoms with Crippen LogP contribution in [0, 0.1) is 0 Å². The van der Waals surface area contributed by atoms with Gasteiger partial charge in [-0.3, -0.25) is 4.79 Å². The maximum Gasteiger partial charge on any atom is 0.230 e. The van der Waals surface area contributed by atoms with Gasteiger partial charge in [0.2, 0.25) is 5.91 Å². The van der Waals surface area contributed by atoms with Gasteiger partial charge in [-0.1, -0.05) is 30.3 Å². The van der Waals surface area contributed by atoms with E-state index in [2.05, 4.69) is 15.5 Å². The molecular weight excluding hydrogens is 360 g/mol. The lowest BCUT2D eigenvalue weighted by atomic mass is 10.2. The topological polar surface area (TPSA) is 69.0 Å². The molecule has 6 nitrogen and oxygen atoms in total. The molecule has 1 aromatic heterocycles. The van der Waals surface area contributed by atoms with Crippen LogP contribution in [0.5, 0.6) is 0 Å². The molecule has 0 bridgehead atoms. The number of ether oxygens (including phenoxy) is 1. The molecule has 0 atom stereocenters. The molecule has 0 saturated heterocycles. The summed E-state index contributed by atoms with van der Waals surface area (Å²) in [6.45, 7) is 4.09. The number of aromatic nitrogens is 3. The summed E-state index contributed by atoms with van der Waals surface area (Å²) in [5.74, 6) is 1.10.